The Kier molecular flexibility index (Phi) is 4.70. The molecule has 3 nitrogen and oxygen atoms in total. The highest BCUT2D eigenvalue weighted by atomic mass is 19.4. The molecule has 19 heavy (non-hydrogen) atoms. The molecule has 0 aromatic heterocycles. The molecule has 0 saturated carbocycles. The van der Waals surface area contributed by atoms with Gasteiger partial charge in [0.2, 0.25) is 0 Å². The van der Waals surface area contributed by atoms with Crippen LogP contribution in [0.1, 0.15) is 11.6 Å². The van der Waals surface area contributed by atoms with Crippen molar-refractivity contribution < 1.29 is 18.0 Å². The van der Waals surface area contributed by atoms with Crippen LogP contribution in [0.25, 0.3) is 0 Å². The molecular weight excluding hydrogens is 257 g/mol. The van der Waals surface area contributed by atoms with Crippen LogP contribution in [0.2, 0.25) is 0 Å². The molecule has 0 radical (unpaired) electrons. The van der Waals surface area contributed by atoms with Crippen molar-refractivity contribution in [1.29, 1.82) is 5.26 Å². The van der Waals surface area contributed by atoms with Crippen molar-refractivity contribution in [3.63, 3.8) is 0 Å². The molecule has 0 N–H and O–H groups in total. The predicted molar refractivity (Wildman–Crippen MR) is 62.8 cm³/mol. The SMILES string of the molecule is C=CCN(C(=O)C(F)(F)F)[C@@H](C#N)c1ccccc1. The van der Waals surface area contributed by atoms with Crippen molar-refractivity contribution in [3.8, 4) is 6.07 Å². The van der Waals surface area contributed by atoms with Crippen LogP contribution in [-0.4, -0.2) is 23.5 Å². The number of hydrogen-bond donors (Lipinski definition) is 0. The van der Waals surface area contributed by atoms with Crippen molar-refractivity contribution in [2.75, 3.05) is 6.54 Å². The number of hydrogen-bond acceptors (Lipinski definition) is 2. The minimum absolute atomic E-state index is 0.324. The Hall–Kier alpha value is -2.29. The number of nitriles is 1. The van der Waals surface area contributed by atoms with Gasteiger partial charge in [-0.05, 0) is 5.56 Å². The van der Waals surface area contributed by atoms with Gasteiger partial charge in [0.05, 0.1) is 6.07 Å². The summed E-state index contributed by atoms with van der Waals surface area (Å²) in [6.07, 6.45) is -3.87. The van der Waals surface area contributed by atoms with Crippen LogP contribution < -0.4 is 0 Å². The molecule has 1 amide bonds. The van der Waals surface area contributed by atoms with Gasteiger partial charge >= 0.3 is 12.1 Å². The molecule has 0 aliphatic carbocycles. The second-order valence-electron chi connectivity index (χ2n) is 3.69. The third-order valence-corrected chi connectivity index (χ3v) is 2.38. The normalized spacial score (nSPS) is 12.3. The number of carbonyl (C=O) groups is 1. The molecule has 0 unspecified atom stereocenters. The molecule has 1 aromatic rings. The van der Waals surface area contributed by atoms with E-state index < -0.39 is 18.1 Å². The van der Waals surface area contributed by atoms with Crippen LogP contribution in [-0.2, 0) is 4.79 Å². The lowest BCUT2D eigenvalue weighted by Gasteiger charge is -2.27. The Bertz CT molecular complexity index is 491. The Labute approximate surface area is 108 Å². The second-order valence-corrected chi connectivity index (χ2v) is 3.69. The van der Waals surface area contributed by atoms with Gasteiger partial charge in [-0.2, -0.15) is 18.4 Å². The van der Waals surface area contributed by atoms with E-state index in [1.807, 2.05) is 0 Å². The highest BCUT2D eigenvalue weighted by Crippen LogP contribution is 2.26. The minimum atomic E-state index is -5.02. The first-order valence-corrected chi connectivity index (χ1v) is 5.35. The van der Waals surface area contributed by atoms with E-state index in [4.69, 9.17) is 5.26 Å². The lowest BCUT2D eigenvalue weighted by molar-refractivity contribution is -0.186. The fraction of sp³-hybridized carbons (Fsp3) is 0.231. The van der Waals surface area contributed by atoms with Crippen molar-refractivity contribution in [1.82, 2.24) is 4.90 Å². The van der Waals surface area contributed by atoms with E-state index >= 15 is 0 Å². The summed E-state index contributed by atoms with van der Waals surface area (Å²) in [5.74, 6) is -2.05. The summed E-state index contributed by atoms with van der Waals surface area (Å²) in [6, 6.07) is 8.25. The highest BCUT2D eigenvalue weighted by Gasteiger charge is 2.44. The van der Waals surface area contributed by atoms with Crippen LogP contribution in [0.4, 0.5) is 13.2 Å². The first-order chi connectivity index (χ1) is 8.91. The maximum atomic E-state index is 12.5. The van der Waals surface area contributed by atoms with E-state index in [2.05, 4.69) is 6.58 Å². The molecule has 0 heterocycles. The molecule has 0 spiro atoms. The zero-order chi connectivity index (χ0) is 14.5. The summed E-state index contributed by atoms with van der Waals surface area (Å²) < 4.78 is 37.5. The first-order valence-electron chi connectivity index (χ1n) is 5.35. The molecule has 1 rings (SSSR count). The largest absolute Gasteiger partial charge is 0.471 e. The van der Waals surface area contributed by atoms with E-state index in [0.717, 1.165) is 6.08 Å². The summed E-state index contributed by atoms with van der Waals surface area (Å²) >= 11 is 0. The van der Waals surface area contributed by atoms with Gasteiger partial charge in [-0.3, -0.25) is 4.79 Å². The third kappa shape index (κ3) is 3.58. The second kappa shape index (κ2) is 6.05. The van der Waals surface area contributed by atoms with Gasteiger partial charge in [-0.25, -0.2) is 0 Å². The maximum absolute atomic E-state index is 12.5. The van der Waals surface area contributed by atoms with Gasteiger partial charge in [0, 0.05) is 6.54 Å². The van der Waals surface area contributed by atoms with Gasteiger partial charge < -0.3 is 4.90 Å². The van der Waals surface area contributed by atoms with Crippen LogP contribution in [0.15, 0.2) is 43.0 Å². The van der Waals surface area contributed by atoms with Gasteiger partial charge in [0.1, 0.15) is 6.04 Å². The first kappa shape index (κ1) is 14.8. The van der Waals surface area contributed by atoms with E-state index in [1.54, 1.807) is 24.3 Å². The summed E-state index contributed by atoms with van der Waals surface area (Å²) in [5, 5.41) is 9.05. The molecule has 0 aliphatic rings. The average molecular weight is 268 g/mol. The number of amides is 1. The Balaban J connectivity index is 3.14. The van der Waals surface area contributed by atoms with Crippen LogP contribution in [0.5, 0.6) is 0 Å². The lowest BCUT2D eigenvalue weighted by atomic mass is 10.1. The molecule has 1 atom stereocenters. The number of alkyl halides is 3. The number of carbonyl (C=O) groups excluding carboxylic acids is 1. The van der Waals surface area contributed by atoms with E-state index in [-0.39, 0.29) is 6.54 Å². The van der Waals surface area contributed by atoms with Crippen LogP contribution in [0, 0.1) is 11.3 Å². The highest BCUT2D eigenvalue weighted by molar-refractivity contribution is 5.82. The minimum Gasteiger partial charge on any atom is -0.311 e. The third-order valence-electron chi connectivity index (χ3n) is 2.38. The molecular formula is C13H11F3N2O. The van der Waals surface area contributed by atoms with Gasteiger partial charge in [0.25, 0.3) is 0 Å². The Morgan fingerprint density at radius 3 is 2.42 bits per heavy atom. The summed E-state index contributed by atoms with van der Waals surface area (Å²) in [4.78, 5) is 11.8. The summed E-state index contributed by atoms with van der Waals surface area (Å²) in [7, 11) is 0. The zero-order valence-electron chi connectivity index (χ0n) is 9.89. The lowest BCUT2D eigenvalue weighted by Crippen LogP contribution is -2.43. The Morgan fingerprint density at radius 2 is 2.00 bits per heavy atom. The van der Waals surface area contributed by atoms with E-state index in [1.165, 1.54) is 12.1 Å². The number of halogens is 3. The van der Waals surface area contributed by atoms with E-state index in [0.29, 0.717) is 10.5 Å². The van der Waals surface area contributed by atoms with Crippen molar-refractivity contribution in [3.05, 3.63) is 48.6 Å². The average Bonchev–Trinajstić information content (AvgIpc) is 2.38. The Morgan fingerprint density at radius 1 is 1.42 bits per heavy atom. The van der Waals surface area contributed by atoms with Crippen LogP contribution >= 0.6 is 0 Å². The molecule has 0 bridgehead atoms. The van der Waals surface area contributed by atoms with Crippen molar-refractivity contribution >= 4 is 5.91 Å². The van der Waals surface area contributed by atoms with Gasteiger partial charge in [-0.15, -0.1) is 6.58 Å². The van der Waals surface area contributed by atoms with Gasteiger partial charge in [-0.1, -0.05) is 36.4 Å². The van der Waals surface area contributed by atoms with E-state index in [9.17, 15) is 18.0 Å². The summed E-state index contributed by atoms with van der Waals surface area (Å²) in [5.41, 5.74) is 0.324. The quantitative estimate of drug-likeness (QED) is 0.788. The molecule has 0 aliphatic heterocycles. The predicted octanol–water partition coefficient (Wildman–Crippen LogP) is 2.83. The number of nitrogens with zero attached hydrogens (tertiary/aromatic N) is 2. The maximum Gasteiger partial charge on any atom is 0.471 e. The fourth-order valence-electron chi connectivity index (χ4n) is 1.57. The molecule has 0 saturated heterocycles. The molecule has 0 fully saturated rings. The smallest absolute Gasteiger partial charge is 0.311 e. The number of benzene rings is 1. The zero-order valence-corrected chi connectivity index (χ0v) is 9.89. The standard InChI is InChI=1S/C13H11F3N2O/c1-2-8-18(12(19)13(14,15)16)11(9-17)10-6-4-3-5-7-10/h2-7,11H,1,8H2/t11-/m0/s1. The van der Waals surface area contributed by atoms with Crippen molar-refractivity contribution in [2.45, 2.75) is 12.2 Å². The van der Waals surface area contributed by atoms with Crippen molar-refractivity contribution in [2.24, 2.45) is 0 Å². The monoisotopic (exact) mass is 268 g/mol. The molecule has 6 heteroatoms. The molecule has 100 valence electrons. The number of rotatable bonds is 4. The van der Waals surface area contributed by atoms with Gasteiger partial charge in [0.15, 0.2) is 0 Å². The topological polar surface area (TPSA) is 44.1 Å². The molecule has 1 aromatic carbocycles. The van der Waals surface area contributed by atoms with Crippen LogP contribution in [0.3, 0.4) is 0 Å². The summed E-state index contributed by atoms with van der Waals surface area (Å²) in [6.45, 7) is 2.95. The fourth-order valence-corrected chi connectivity index (χ4v) is 1.57.